The number of rotatable bonds is 4. The number of carbonyl (C=O) groups excluding carboxylic acids is 1. The van der Waals surface area contributed by atoms with Crippen molar-refractivity contribution in [2.24, 2.45) is 11.7 Å². The van der Waals surface area contributed by atoms with Crippen LogP contribution in [0.1, 0.15) is 51.1 Å². The van der Waals surface area contributed by atoms with Crippen LogP contribution in [-0.4, -0.2) is 43.9 Å². The first-order valence-electron chi connectivity index (χ1n) is 8.18. The number of likely N-dealkylation sites (tertiary alicyclic amines) is 1. The summed E-state index contributed by atoms with van der Waals surface area (Å²) in [4.78, 5) is 14.3. The minimum absolute atomic E-state index is 0. The summed E-state index contributed by atoms with van der Waals surface area (Å²) in [7, 11) is -3.80. The highest BCUT2D eigenvalue weighted by atomic mass is 35.5. The van der Waals surface area contributed by atoms with Crippen LogP contribution in [0.2, 0.25) is 0 Å². The van der Waals surface area contributed by atoms with Gasteiger partial charge in [0.25, 0.3) is 15.9 Å². The Kier molecular flexibility index (Phi) is 7.09. The molecule has 9 heteroatoms. The largest absolute Gasteiger partial charge is 0.438 e. The minimum Gasteiger partial charge on any atom is -0.438 e. The molecule has 7 nitrogen and oxygen atoms in total. The predicted molar refractivity (Wildman–Crippen MR) is 98.3 cm³/mol. The van der Waals surface area contributed by atoms with Gasteiger partial charge in [-0.2, -0.15) is 0 Å². The standard InChI is InChI=1S/C16H27N3O4S.ClH/c1-11-7-8-19(12(9-11)10-17)15(20)13-5-6-14(23-13)24(21,22)18-16(2,3)4;/h5-6,11-12,18H,7-10,17H2,1-4H3;1H. The molecule has 144 valence electrons. The maximum Gasteiger partial charge on any atom is 0.289 e. The maximum atomic E-state index is 12.7. The molecule has 1 aromatic heterocycles. The van der Waals surface area contributed by atoms with Crippen LogP contribution >= 0.6 is 12.4 Å². The normalized spacial score (nSPS) is 21.7. The van der Waals surface area contributed by atoms with E-state index in [1.165, 1.54) is 12.1 Å². The molecule has 0 aliphatic carbocycles. The van der Waals surface area contributed by atoms with Crippen LogP contribution in [0, 0.1) is 5.92 Å². The van der Waals surface area contributed by atoms with Crippen molar-refractivity contribution in [1.82, 2.24) is 9.62 Å². The average Bonchev–Trinajstić information content (AvgIpc) is 2.94. The monoisotopic (exact) mass is 393 g/mol. The van der Waals surface area contributed by atoms with Crippen LogP contribution < -0.4 is 10.5 Å². The first-order valence-corrected chi connectivity index (χ1v) is 9.66. The van der Waals surface area contributed by atoms with Gasteiger partial charge in [0.2, 0.25) is 5.09 Å². The Morgan fingerprint density at radius 3 is 2.60 bits per heavy atom. The Hall–Kier alpha value is -1.09. The number of nitrogens with two attached hydrogens (primary N) is 1. The van der Waals surface area contributed by atoms with Gasteiger partial charge in [0.05, 0.1) is 0 Å². The Bertz CT molecular complexity index is 696. The van der Waals surface area contributed by atoms with E-state index in [0.29, 0.717) is 19.0 Å². The molecule has 1 aromatic rings. The van der Waals surface area contributed by atoms with Crippen molar-refractivity contribution in [3.63, 3.8) is 0 Å². The number of amides is 1. The van der Waals surface area contributed by atoms with Crippen molar-refractivity contribution in [3.05, 3.63) is 17.9 Å². The average molecular weight is 394 g/mol. The molecule has 1 aliphatic heterocycles. The summed E-state index contributed by atoms with van der Waals surface area (Å²) in [5.41, 5.74) is 5.15. The van der Waals surface area contributed by atoms with Crippen LogP contribution in [0.5, 0.6) is 0 Å². The molecule has 2 unspecified atom stereocenters. The van der Waals surface area contributed by atoms with Crippen LogP contribution in [0.3, 0.4) is 0 Å². The summed E-state index contributed by atoms with van der Waals surface area (Å²) < 4.78 is 32.4. The number of nitrogens with zero attached hydrogens (tertiary/aromatic N) is 1. The molecule has 1 amide bonds. The molecular formula is C16H28ClN3O4S. The van der Waals surface area contributed by atoms with E-state index in [4.69, 9.17) is 10.2 Å². The zero-order valence-electron chi connectivity index (χ0n) is 15.1. The summed E-state index contributed by atoms with van der Waals surface area (Å²) in [6.07, 6.45) is 1.75. The van der Waals surface area contributed by atoms with Gasteiger partial charge in [-0.3, -0.25) is 4.79 Å². The molecule has 0 spiro atoms. The molecule has 1 fully saturated rings. The lowest BCUT2D eigenvalue weighted by atomic mass is 9.92. The van der Waals surface area contributed by atoms with Crippen molar-refractivity contribution < 1.29 is 17.6 Å². The smallest absolute Gasteiger partial charge is 0.289 e. The molecule has 2 atom stereocenters. The lowest BCUT2D eigenvalue weighted by molar-refractivity contribution is 0.0536. The van der Waals surface area contributed by atoms with E-state index in [0.717, 1.165) is 12.8 Å². The van der Waals surface area contributed by atoms with E-state index >= 15 is 0 Å². The van der Waals surface area contributed by atoms with Gasteiger partial charge in [0, 0.05) is 24.7 Å². The van der Waals surface area contributed by atoms with Gasteiger partial charge in [-0.25, -0.2) is 13.1 Å². The second-order valence-electron chi connectivity index (χ2n) is 7.49. The van der Waals surface area contributed by atoms with Crippen LogP contribution in [0.4, 0.5) is 0 Å². The number of halogens is 1. The van der Waals surface area contributed by atoms with E-state index in [1.54, 1.807) is 25.7 Å². The Morgan fingerprint density at radius 2 is 2.04 bits per heavy atom. The summed E-state index contributed by atoms with van der Waals surface area (Å²) in [6, 6.07) is 2.68. The lowest BCUT2D eigenvalue weighted by Crippen LogP contribution is -2.49. The topological polar surface area (TPSA) is 106 Å². The molecule has 0 aromatic carbocycles. The summed E-state index contributed by atoms with van der Waals surface area (Å²) in [5, 5.41) is -0.254. The zero-order valence-corrected chi connectivity index (χ0v) is 16.7. The molecule has 1 aliphatic rings. The molecular weight excluding hydrogens is 366 g/mol. The first kappa shape index (κ1) is 22.0. The fraction of sp³-hybridized carbons (Fsp3) is 0.688. The molecule has 1 saturated heterocycles. The Labute approximate surface area is 155 Å². The predicted octanol–water partition coefficient (Wildman–Crippen LogP) is 1.98. The number of nitrogens with one attached hydrogen (secondary N) is 1. The third-order valence-corrected chi connectivity index (χ3v) is 5.64. The zero-order chi connectivity index (χ0) is 18.1. The molecule has 2 heterocycles. The number of hydrogen-bond donors (Lipinski definition) is 2. The third-order valence-electron chi connectivity index (χ3n) is 4.01. The number of sulfonamides is 1. The van der Waals surface area contributed by atoms with E-state index in [-0.39, 0.29) is 35.2 Å². The lowest BCUT2D eigenvalue weighted by Gasteiger charge is -2.37. The van der Waals surface area contributed by atoms with Crippen molar-refractivity contribution in [2.75, 3.05) is 13.1 Å². The Morgan fingerprint density at radius 1 is 1.40 bits per heavy atom. The molecule has 2 rings (SSSR count). The third kappa shape index (κ3) is 5.44. The number of carbonyl (C=O) groups is 1. The Balaban J connectivity index is 0.00000312. The highest BCUT2D eigenvalue weighted by Crippen LogP contribution is 2.25. The number of piperidine rings is 1. The van der Waals surface area contributed by atoms with Crippen LogP contribution in [0.25, 0.3) is 0 Å². The minimum atomic E-state index is -3.80. The second-order valence-corrected chi connectivity index (χ2v) is 9.11. The number of hydrogen-bond acceptors (Lipinski definition) is 5. The summed E-state index contributed by atoms with van der Waals surface area (Å²) in [5.74, 6) is 0.234. The fourth-order valence-electron chi connectivity index (χ4n) is 2.92. The van der Waals surface area contributed by atoms with Crippen molar-refractivity contribution in [1.29, 1.82) is 0 Å². The molecule has 25 heavy (non-hydrogen) atoms. The molecule has 0 bridgehead atoms. The highest BCUT2D eigenvalue weighted by molar-refractivity contribution is 7.89. The van der Waals surface area contributed by atoms with Gasteiger partial charge >= 0.3 is 0 Å². The van der Waals surface area contributed by atoms with E-state index in [1.807, 2.05) is 0 Å². The van der Waals surface area contributed by atoms with Gasteiger partial charge in [0.15, 0.2) is 5.76 Å². The maximum absolute atomic E-state index is 12.7. The van der Waals surface area contributed by atoms with Gasteiger partial charge in [-0.15, -0.1) is 12.4 Å². The molecule has 3 N–H and O–H groups in total. The second kappa shape index (κ2) is 8.07. The molecule has 0 saturated carbocycles. The van der Waals surface area contributed by atoms with Crippen LogP contribution in [-0.2, 0) is 10.0 Å². The highest BCUT2D eigenvalue weighted by Gasteiger charge is 2.32. The van der Waals surface area contributed by atoms with E-state index < -0.39 is 15.6 Å². The van der Waals surface area contributed by atoms with Gasteiger partial charge in [0.1, 0.15) is 0 Å². The van der Waals surface area contributed by atoms with Crippen molar-refractivity contribution in [2.45, 2.75) is 57.2 Å². The van der Waals surface area contributed by atoms with Crippen molar-refractivity contribution >= 4 is 28.3 Å². The van der Waals surface area contributed by atoms with Crippen LogP contribution in [0.15, 0.2) is 21.6 Å². The first-order chi connectivity index (χ1) is 11.0. The van der Waals surface area contributed by atoms with Gasteiger partial charge < -0.3 is 15.1 Å². The van der Waals surface area contributed by atoms with Gasteiger partial charge in [-0.1, -0.05) is 6.92 Å². The van der Waals surface area contributed by atoms with E-state index in [2.05, 4.69) is 11.6 Å². The van der Waals surface area contributed by atoms with Crippen molar-refractivity contribution in [3.8, 4) is 0 Å². The quantitative estimate of drug-likeness (QED) is 0.813. The van der Waals surface area contributed by atoms with E-state index in [9.17, 15) is 13.2 Å². The summed E-state index contributed by atoms with van der Waals surface area (Å²) in [6.45, 7) is 8.33. The number of furan rings is 1. The summed E-state index contributed by atoms with van der Waals surface area (Å²) >= 11 is 0. The molecule has 0 radical (unpaired) electrons. The fourth-order valence-corrected chi connectivity index (χ4v) is 4.27. The SMILES string of the molecule is CC1CCN(C(=O)c2ccc(S(=O)(=O)NC(C)(C)C)o2)C(CN)C1.Cl. The van der Waals surface area contributed by atoms with Gasteiger partial charge in [-0.05, 0) is 51.7 Å².